The summed E-state index contributed by atoms with van der Waals surface area (Å²) in [5, 5.41) is 3.23. The molecule has 29 heavy (non-hydrogen) atoms. The number of amides is 1. The van der Waals surface area contributed by atoms with Gasteiger partial charge in [0, 0.05) is 25.7 Å². The summed E-state index contributed by atoms with van der Waals surface area (Å²) in [7, 11) is -1.89. The predicted molar refractivity (Wildman–Crippen MR) is 122 cm³/mol. The quantitative estimate of drug-likeness (QED) is 0.667. The maximum atomic E-state index is 12.4. The van der Waals surface area contributed by atoms with Crippen molar-refractivity contribution in [1.29, 1.82) is 0 Å². The van der Waals surface area contributed by atoms with Crippen molar-refractivity contribution in [3.63, 3.8) is 0 Å². The van der Waals surface area contributed by atoms with Crippen molar-refractivity contribution in [3.05, 3.63) is 35.9 Å². The van der Waals surface area contributed by atoms with E-state index in [1.165, 1.54) is 5.56 Å². The summed E-state index contributed by atoms with van der Waals surface area (Å²) >= 11 is 0. The van der Waals surface area contributed by atoms with Gasteiger partial charge in [0.2, 0.25) is 0 Å². The van der Waals surface area contributed by atoms with E-state index in [4.69, 9.17) is 9.16 Å². The largest absolute Gasteiger partial charge is 0.444 e. The lowest BCUT2D eigenvalue weighted by Crippen LogP contribution is -2.56. The number of likely N-dealkylation sites (tertiary alicyclic amines) is 1. The van der Waals surface area contributed by atoms with Gasteiger partial charge in [-0.15, -0.1) is 0 Å². The molecule has 0 aliphatic carbocycles. The summed E-state index contributed by atoms with van der Waals surface area (Å²) in [6, 6.07) is 10.5. The smallest absolute Gasteiger partial charge is 0.407 e. The first-order valence-electron chi connectivity index (χ1n) is 10.7. The Kier molecular flexibility index (Phi) is 7.57. The molecule has 1 aromatic rings. The molecule has 1 fully saturated rings. The van der Waals surface area contributed by atoms with Gasteiger partial charge in [-0.2, -0.15) is 0 Å². The first-order chi connectivity index (χ1) is 13.2. The van der Waals surface area contributed by atoms with Gasteiger partial charge in [0.25, 0.3) is 0 Å². The molecule has 5 nitrogen and oxygen atoms in total. The summed E-state index contributed by atoms with van der Waals surface area (Å²) in [5.41, 5.74) is 0.774. The zero-order chi connectivity index (χ0) is 21.9. The van der Waals surface area contributed by atoms with E-state index in [0.29, 0.717) is 0 Å². The number of rotatable bonds is 5. The highest BCUT2D eigenvalue weighted by Crippen LogP contribution is 2.38. The van der Waals surface area contributed by atoms with Gasteiger partial charge >= 0.3 is 6.09 Å². The lowest BCUT2D eigenvalue weighted by atomic mass is 10.0. The Morgan fingerprint density at radius 2 is 1.72 bits per heavy atom. The molecule has 1 aliphatic rings. The molecule has 1 N–H and O–H groups in total. The lowest BCUT2D eigenvalue weighted by Gasteiger charge is -2.44. The Morgan fingerprint density at radius 3 is 2.28 bits per heavy atom. The number of ether oxygens (including phenoxy) is 1. The standard InChI is InChI=1S/C23H40N2O3Si/c1-22(2,3)27-21(26)24-19-14-20(28-29(7,8)23(4,5)6)17-25(16-19)15-18-12-10-9-11-13-18/h9-13,19-20H,14-17H2,1-8H3,(H,24,26)/t19-,20-/m0/s1. The first-order valence-corrected chi connectivity index (χ1v) is 13.6. The maximum Gasteiger partial charge on any atom is 0.407 e. The Balaban J connectivity index is 2.11. The molecule has 0 unspecified atom stereocenters. The van der Waals surface area contributed by atoms with Crippen molar-refractivity contribution >= 4 is 14.4 Å². The zero-order valence-corrected chi connectivity index (χ0v) is 20.5. The Labute approximate surface area is 178 Å². The number of nitrogens with one attached hydrogen (secondary N) is 1. The molecule has 0 spiro atoms. The van der Waals surface area contributed by atoms with Crippen LogP contribution in [0, 0.1) is 0 Å². The van der Waals surface area contributed by atoms with Crippen molar-refractivity contribution in [1.82, 2.24) is 10.2 Å². The van der Waals surface area contributed by atoms with E-state index in [1.807, 2.05) is 26.8 Å². The number of carbonyl (C=O) groups excluding carboxylic acids is 1. The highest BCUT2D eigenvalue weighted by atomic mass is 28.4. The predicted octanol–water partition coefficient (Wildman–Crippen LogP) is 5.18. The second-order valence-electron chi connectivity index (χ2n) is 10.8. The van der Waals surface area contributed by atoms with Crippen molar-refractivity contribution in [2.75, 3.05) is 13.1 Å². The van der Waals surface area contributed by atoms with E-state index >= 15 is 0 Å². The van der Waals surface area contributed by atoms with Crippen LogP contribution in [0.3, 0.4) is 0 Å². The van der Waals surface area contributed by atoms with Crippen LogP contribution >= 0.6 is 0 Å². The average molecular weight is 421 g/mol. The number of piperidine rings is 1. The highest BCUT2D eigenvalue weighted by Gasteiger charge is 2.41. The number of alkyl carbamates (subject to hydrolysis) is 1. The van der Waals surface area contributed by atoms with E-state index in [9.17, 15) is 4.79 Å². The number of hydrogen-bond acceptors (Lipinski definition) is 4. The van der Waals surface area contributed by atoms with Gasteiger partial charge in [-0.25, -0.2) is 4.79 Å². The molecule has 0 saturated carbocycles. The Hall–Kier alpha value is -1.37. The van der Waals surface area contributed by atoms with Crippen LogP contribution in [-0.4, -0.2) is 50.1 Å². The summed E-state index contributed by atoms with van der Waals surface area (Å²) in [4.78, 5) is 14.7. The number of nitrogens with zero attached hydrogens (tertiary/aromatic N) is 1. The van der Waals surface area contributed by atoms with Crippen LogP contribution in [0.5, 0.6) is 0 Å². The molecule has 1 aromatic carbocycles. The minimum atomic E-state index is -1.89. The molecule has 0 radical (unpaired) electrons. The molecular weight excluding hydrogens is 380 g/mol. The maximum absolute atomic E-state index is 12.4. The van der Waals surface area contributed by atoms with Gasteiger partial charge in [0.15, 0.2) is 8.32 Å². The summed E-state index contributed by atoms with van der Waals surface area (Å²) < 4.78 is 12.2. The van der Waals surface area contributed by atoms with E-state index in [2.05, 4.69) is 68.3 Å². The summed E-state index contributed by atoms with van der Waals surface area (Å²) in [6.07, 6.45) is 0.570. The van der Waals surface area contributed by atoms with Crippen LogP contribution in [0.15, 0.2) is 30.3 Å². The van der Waals surface area contributed by atoms with Crippen LogP contribution in [-0.2, 0) is 15.7 Å². The van der Waals surface area contributed by atoms with Gasteiger partial charge in [-0.3, -0.25) is 4.90 Å². The van der Waals surface area contributed by atoms with Gasteiger partial charge in [0.05, 0.1) is 6.10 Å². The second-order valence-corrected chi connectivity index (χ2v) is 15.5. The van der Waals surface area contributed by atoms with Crippen molar-refractivity contribution < 1.29 is 14.0 Å². The third-order valence-electron chi connectivity index (χ3n) is 5.73. The topological polar surface area (TPSA) is 50.8 Å². The molecule has 1 saturated heterocycles. The second kappa shape index (κ2) is 9.19. The molecule has 164 valence electrons. The zero-order valence-electron chi connectivity index (χ0n) is 19.5. The molecular formula is C23H40N2O3Si. The van der Waals surface area contributed by atoms with Crippen LogP contribution in [0.1, 0.15) is 53.5 Å². The van der Waals surface area contributed by atoms with Crippen molar-refractivity contribution in [2.45, 2.75) is 90.4 Å². The molecule has 1 aliphatic heterocycles. The van der Waals surface area contributed by atoms with Gasteiger partial charge in [-0.05, 0) is 50.9 Å². The normalized spacial score (nSPS) is 21.7. The van der Waals surface area contributed by atoms with Gasteiger partial charge in [0.1, 0.15) is 5.60 Å². The van der Waals surface area contributed by atoms with Crippen molar-refractivity contribution in [3.8, 4) is 0 Å². The minimum Gasteiger partial charge on any atom is -0.444 e. The third-order valence-corrected chi connectivity index (χ3v) is 10.3. The molecule has 0 aromatic heterocycles. The highest BCUT2D eigenvalue weighted by molar-refractivity contribution is 6.74. The lowest BCUT2D eigenvalue weighted by molar-refractivity contribution is 0.0323. The number of hydrogen-bond donors (Lipinski definition) is 1. The molecule has 0 bridgehead atoms. The number of benzene rings is 1. The van der Waals surface area contributed by atoms with Crippen LogP contribution in [0.4, 0.5) is 4.79 Å². The van der Waals surface area contributed by atoms with Crippen molar-refractivity contribution in [2.24, 2.45) is 0 Å². The van der Waals surface area contributed by atoms with E-state index in [-0.39, 0.29) is 23.3 Å². The molecule has 2 atom stereocenters. The van der Waals surface area contributed by atoms with E-state index in [0.717, 1.165) is 26.1 Å². The molecule has 2 rings (SSSR count). The van der Waals surface area contributed by atoms with Crippen LogP contribution in [0.2, 0.25) is 18.1 Å². The summed E-state index contributed by atoms with van der Waals surface area (Å²) in [5.74, 6) is 0. The van der Waals surface area contributed by atoms with Gasteiger partial charge in [-0.1, -0.05) is 51.1 Å². The number of carbonyl (C=O) groups is 1. The molecule has 6 heteroatoms. The Bertz CT molecular complexity index is 665. The molecule has 1 heterocycles. The summed E-state index contributed by atoms with van der Waals surface area (Å²) in [6.45, 7) is 19.6. The van der Waals surface area contributed by atoms with E-state index < -0.39 is 13.9 Å². The third kappa shape index (κ3) is 7.76. The fourth-order valence-corrected chi connectivity index (χ4v) is 4.73. The Morgan fingerprint density at radius 1 is 1.10 bits per heavy atom. The van der Waals surface area contributed by atoms with Crippen LogP contribution < -0.4 is 5.32 Å². The monoisotopic (exact) mass is 420 g/mol. The van der Waals surface area contributed by atoms with Gasteiger partial charge < -0.3 is 14.5 Å². The van der Waals surface area contributed by atoms with Crippen LogP contribution in [0.25, 0.3) is 0 Å². The SMILES string of the molecule is CC(C)(C)OC(=O)N[C@H]1C[C@H](O[Si](C)(C)C(C)(C)C)CN(Cc2ccccc2)C1. The van der Waals surface area contributed by atoms with E-state index in [1.54, 1.807) is 0 Å². The molecule has 1 amide bonds. The average Bonchev–Trinajstić information content (AvgIpc) is 2.52. The first kappa shape index (κ1) is 23.9. The fraction of sp³-hybridized carbons (Fsp3) is 0.696. The minimum absolute atomic E-state index is 0.0112. The fourth-order valence-electron chi connectivity index (χ4n) is 3.37.